The van der Waals surface area contributed by atoms with Crippen molar-refractivity contribution in [3.63, 3.8) is 0 Å². The number of nitrogens with zero attached hydrogens (tertiary/aromatic N) is 1. The molecule has 0 amide bonds. The molecule has 3 nitrogen and oxygen atoms in total. The van der Waals surface area contributed by atoms with E-state index in [1.54, 1.807) is 0 Å². The van der Waals surface area contributed by atoms with Crippen molar-refractivity contribution in [1.29, 1.82) is 0 Å². The summed E-state index contributed by atoms with van der Waals surface area (Å²) < 4.78 is 5.86. The van der Waals surface area contributed by atoms with Crippen LogP contribution in [0.4, 0.5) is 0 Å². The van der Waals surface area contributed by atoms with Crippen molar-refractivity contribution < 1.29 is 4.74 Å². The zero-order valence-electron chi connectivity index (χ0n) is 8.96. The summed E-state index contributed by atoms with van der Waals surface area (Å²) in [6.07, 6.45) is 5.11. The molecule has 1 fully saturated rings. The molecular formula is C11H20N2O. The van der Waals surface area contributed by atoms with Crippen molar-refractivity contribution in [3.05, 3.63) is 0 Å². The van der Waals surface area contributed by atoms with Gasteiger partial charge in [-0.3, -0.25) is 4.99 Å². The summed E-state index contributed by atoms with van der Waals surface area (Å²) >= 11 is 0. The molecule has 0 spiro atoms. The van der Waals surface area contributed by atoms with Gasteiger partial charge in [0.25, 0.3) is 0 Å². The summed E-state index contributed by atoms with van der Waals surface area (Å²) in [5.41, 5.74) is 0. The monoisotopic (exact) mass is 196 g/mol. The predicted octanol–water partition coefficient (Wildman–Crippen LogP) is 1.58. The van der Waals surface area contributed by atoms with Gasteiger partial charge in [-0.2, -0.15) is 0 Å². The average Bonchev–Trinajstić information content (AvgIpc) is 2.68. The van der Waals surface area contributed by atoms with Crippen molar-refractivity contribution in [3.8, 4) is 0 Å². The molecule has 0 aromatic rings. The van der Waals surface area contributed by atoms with Gasteiger partial charge in [-0.1, -0.05) is 13.3 Å². The van der Waals surface area contributed by atoms with Crippen LogP contribution in [0.25, 0.3) is 0 Å². The van der Waals surface area contributed by atoms with E-state index in [-0.39, 0.29) is 0 Å². The second kappa shape index (κ2) is 4.78. The highest BCUT2D eigenvalue weighted by molar-refractivity contribution is 5.80. The van der Waals surface area contributed by atoms with Crippen molar-refractivity contribution in [2.75, 3.05) is 19.6 Å². The minimum atomic E-state index is 0.380. The molecule has 0 aliphatic carbocycles. The third-order valence-electron chi connectivity index (χ3n) is 3.04. The first-order chi connectivity index (χ1) is 6.90. The quantitative estimate of drug-likeness (QED) is 0.743. The summed E-state index contributed by atoms with van der Waals surface area (Å²) in [7, 11) is 0. The minimum absolute atomic E-state index is 0.380. The van der Waals surface area contributed by atoms with Gasteiger partial charge in [0.15, 0.2) is 5.90 Å². The summed E-state index contributed by atoms with van der Waals surface area (Å²) in [5.74, 6) is 1.64. The first kappa shape index (κ1) is 9.97. The third kappa shape index (κ3) is 2.27. The van der Waals surface area contributed by atoms with Crippen molar-refractivity contribution in [2.24, 2.45) is 10.9 Å². The fourth-order valence-corrected chi connectivity index (χ4v) is 2.20. The predicted molar refractivity (Wildman–Crippen MR) is 57.7 cm³/mol. The van der Waals surface area contributed by atoms with Gasteiger partial charge >= 0.3 is 0 Å². The van der Waals surface area contributed by atoms with Gasteiger partial charge < -0.3 is 10.1 Å². The van der Waals surface area contributed by atoms with Crippen LogP contribution in [0.1, 0.15) is 32.6 Å². The zero-order chi connectivity index (χ0) is 9.80. The SMILES string of the molecule is CCCC1CN=C(C2CCNCC2)O1. The van der Waals surface area contributed by atoms with E-state index in [2.05, 4.69) is 17.2 Å². The fourth-order valence-electron chi connectivity index (χ4n) is 2.20. The van der Waals surface area contributed by atoms with Crippen LogP contribution in [-0.2, 0) is 4.74 Å². The number of ether oxygens (including phenoxy) is 1. The lowest BCUT2D eigenvalue weighted by molar-refractivity contribution is 0.193. The molecule has 2 aliphatic heterocycles. The lowest BCUT2D eigenvalue weighted by Gasteiger charge is -2.22. The summed E-state index contributed by atoms with van der Waals surface area (Å²) in [6, 6.07) is 0. The number of hydrogen-bond donors (Lipinski definition) is 1. The zero-order valence-corrected chi connectivity index (χ0v) is 8.96. The lowest BCUT2D eigenvalue weighted by Crippen LogP contribution is -2.32. The van der Waals surface area contributed by atoms with E-state index in [0.717, 1.165) is 32.0 Å². The highest BCUT2D eigenvalue weighted by atomic mass is 16.5. The lowest BCUT2D eigenvalue weighted by atomic mass is 9.98. The fraction of sp³-hybridized carbons (Fsp3) is 0.909. The van der Waals surface area contributed by atoms with E-state index in [1.165, 1.54) is 19.3 Å². The van der Waals surface area contributed by atoms with E-state index in [4.69, 9.17) is 4.74 Å². The van der Waals surface area contributed by atoms with Crippen molar-refractivity contribution >= 4 is 5.90 Å². The maximum absolute atomic E-state index is 5.86. The van der Waals surface area contributed by atoms with Crippen molar-refractivity contribution in [1.82, 2.24) is 5.32 Å². The molecule has 0 bridgehead atoms. The first-order valence-corrected chi connectivity index (χ1v) is 5.82. The molecule has 80 valence electrons. The Morgan fingerprint density at radius 3 is 2.93 bits per heavy atom. The molecule has 1 saturated heterocycles. The van der Waals surface area contributed by atoms with E-state index in [0.29, 0.717) is 12.0 Å². The van der Waals surface area contributed by atoms with Gasteiger partial charge in [-0.05, 0) is 32.4 Å². The van der Waals surface area contributed by atoms with Gasteiger partial charge in [-0.15, -0.1) is 0 Å². The maximum Gasteiger partial charge on any atom is 0.186 e. The molecular weight excluding hydrogens is 176 g/mol. The Bertz CT molecular complexity index is 209. The molecule has 3 heteroatoms. The molecule has 0 aromatic heterocycles. The molecule has 2 aliphatic rings. The molecule has 2 rings (SSSR count). The van der Waals surface area contributed by atoms with Gasteiger partial charge in [0.1, 0.15) is 6.10 Å². The van der Waals surface area contributed by atoms with Crippen LogP contribution in [0.15, 0.2) is 4.99 Å². The van der Waals surface area contributed by atoms with Gasteiger partial charge in [0, 0.05) is 5.92 Å². The molecule has 0 aromatic carbocycles. The van der Waals surface area contributed by atoms with Crippen LogP contribution in [0.3, 0.4) is 0 Å². The molecule has 0 radical (unpaired) electrons. The number of nitrogens with one attached hydrogen (secondary N) is 1. The van der Waals surface area contributed by atoms with Crippen LogP contribution >= 0.6 is 0 Å². The Balaban J connectivity index is 1.81. The summed E-state index contributed by atoms with van der Waals surface area (Å²) in [5, 5.41) is 3.36. The highest BCUT2D eigenvalue weighted by Gasteiger charge is 2.26. The van der Waals surface area contributed by atoms with Gasteiger partial charge in [0.2, 0.25) is 0 Å². The maximum atomic E-state index is 5.86. The average molecular weight is 196 g/mol. The molecule has 1 unspecified atom stereocenters. The molecule has 1 atom stereocenters. The Morgan fingerprint density at radius 1 is 1.43 bits per heavy atom. The Kier molecular flexibility index (Phi) is 3.40. The van der Waals surface area contributed by atoms with E-state index >= 15 is 0 Å². The van der Waals surface area contributed by atoms with Gasteiger partial charge in [-0.25, -0.2) is 0 Å². The minimum Gasteiger partial charge on any atom is -0.476 e. The number of aliphatic imine (C=N–C) groups is 1. The highest BCUT2D eigenvalue weighted by Crippen LogP contribution is 2.21. The van der Waals surface area contributed by atoms with Crippen LogP contribution in [0.2, 0.25) is 0 Å². The van der Waals surface area contributed by atoms with E-state index in [9.17, 15) is 0 Å². The van der Waals surface area contributed by atoms with Crippen LogP contribution < -0.4 is 5.32 Å². The second-order valence-corrected chi connectivity index (χ2v) is 4.23. The summed E-state index contributed by atoms with van der Waals surface area (Å²) in [4.78, 5) is 4.53. The van der Waals surface area contributed by atoms with Crippen LogP contribution in [-0.4, -0.2) is 31.6 Å². The smallest absolute Gasteiger partial charge is 0.186 e. The standard InChI is InChI=1S/C11H20N2O/c1-2-3-10-8-13-11(14-10)9-4-6-12-7-5-9/h9-10,12H,2-8H2,1H3. The molecule has 14 heavy (non-hydrogen) atoms. The number of piperidine rings is 1. The van der Waals surface area contributed by atoms with Crippen LogP contribution in [0, 0.1) is 5.92 Å². The second-order valence-electron chi connectivity index (χ2n) is 4.23. The van der Waals surface area contributed by atoms with E-state index < -0.39 is 0 Å². The molecule has 2 heterocycles. The Morgan fingerprint density at radius 2 is 2.21 bits per heavy atom. The summed E-state index contributed by atoms with van der Waals surface area (Å²) in [6.45, 7) is 5.33. The normalized spacial score (nSPS) is 28.6. The van der Waals surface area contributed by atoms with Crippen molar-refractivity contribution in [2.45, 2.75) is 38.7 Å². The number of hydrogen-bond acceptors (Lipinski definition) is 3. The van der Waals surface area contributed by atoms with Crippen LogP contribution in [0.5, 0.6) is 0 Å². The largest absolute Gasteiger partial charge is 0.476 e. The third-order valence-corrected chi connectivity index (χ3v) is 3.04. The molecule has 1 N–H and O–H groups in total. The Labute approximate surface area is 85.9 Å². The van der Waals surface area contributed by atoms with E-state index in [1.807, 2.05) is 0 Å². The van der Waals surface area contributed by atoms with Gasteiger partial charge in [0.05, 0.1) is 6.54 Å². The topological polar surface area (TPSA) is 33.6 Å². The Hall–Kier alpha value is -0.570. The first-order valence-electron chi connectivity index (χ1n) is 5.82. The number of rotatable bonds is 3. The molecule has 0 saturated carbocycles.